The molecule has 0 saturated heterocycles. The minimum Gasteiger partial charge on any atom is -0.494 e. The maximum Gasteiger partial charge on any atom is 0.251 e. The lowest BCUT2D eigenvalue weighted by atomic mass is 10.2. The zero-order chi connectivity index (χ0) is 17.6. The molecule has 130 valence electrons. The Kier molecular flexibility index (Phi) is 5.33. The van der Waals surface area contributed by atoms with Crippen LogP contribution in [-0.2, 0) is 0 Å². The smallest absolute Gasteiger partial charge is 0.251 e. The first-order valence-electron chi connectivity index (χ1n) is 8.65. The van der Waals surface area contributed by atoms with E-state index in [0.29, 0.717) is 12.2 Å². The average Bonchev–Trinajstić information content (AvgIpc) is 3.07. The summed E-state index contributed by atoms with van der Waals surface area (Å²) in [7, 11) is 0. The minimum absolute atomic E-state index is 0.131. The lowest BCUT2D eigenvalue weighted by Crippen LogP contribution is -2.27. The van der Waals surface area contributed by atoms with Crippen molar-refractivity contribution in [3.63, 3.8) is 0 Å². The van der Waals surface area contributed by atoms with Gasteiger partial charge < -0.3 is 15.0 Å². The summed E-state index contributed by atoms with van der Waals surface area (Å²) in [4.78, 5) is 20.2. The predicted molar refractivity (Wildman–Crippen MR) is 98.8 cm³/mol. The zero-order valence-electron chi connectivity index (χ0n) is 14.6. The fourth-order valence-corrected chi connectivity index (χ4v) is 2.56. The highest BCUT2D eigenvalue weighted by Gasteiger charge is 2.14. The molecule has 1 unspecified atom stereocenters. The summed E-state index contributed by atoms with van der Waals surface area (Å²) in [6.07, 6.45) is 2.12. The number of unbranched alkanes of at least 4 members (excludes halogenated alkanes) is 1. The number of imidazole rings is 1. The molecule has 1 aromatic heterocycles. The molecule has 0 saturated carbocycles. The molecule has 0 radical (unpaired) electrons. The van der Waals surface area contributed by atoms with Crippen molar-refractivity contribution in [2.75, 3.05) is 6.61 Å². The van der Waals surface area contributed by atoms with Crippen molar-refractivity contribution < 1.29 is 9.53 Å². The number of para-hydroxylation sites is 2. The Morgan fingerprint density at radius 3 is 2.68 bits per heavy atom. The van der Waals surface area contributed by atoms with Gasteiger partial charge in [-0.25, -0.2) is 4.98 Å². The largest absolute Gasteiger partial charge is 0.494 e. The molecule has 0 aliphatic carbocycles. The van der Waals surface area contributed by atoms with Crippen LogP contribution in [0.1, 0.15) is 48.9 Å². The van der Waals surface area contributed by atoms with E-state index in [0.717, 1.165) is 35.4 Å². The molecule has 3 rings (SSSR count). The van der Waals surface area contributed by atoms with Crippen LogP contribution in [0.3, 0.4) is 0 Å². The number of fused-ring (bicyclic) bond motifs is 1. The first-order valence-corrected chi connectivity index (χ1v) is 8.65. The summed E-state index contributed by atoms with van der Waals surface area (Å²) in [5.74, 6) is 1.40. The molecule has 0 fully saturated rings. The Hall–Kier alpha value is -2.82. The number of amides is 1. The summed E-state index contributed by atoms with van der Waals surface area (Å²) in [5.41, 5.74) is 2.46. The van der Waals surface area contributed by atoms with Gasteiger partial charge in [0.15, 0.2) is 0 Å². The van der Waals surface area contributed by atoms with Crippen LogP contribution < -0.4 is 10.1 Å². The second kappa shape index (κ2) is 7.83. The van der Waals surface area contributed by atoms with Crippen molar-refractivity contribution in [3.05, 3.63) is 59.9 Å². The third-order valence-corrected chi connectivity index (χ3v) is 4.05. The quantitative estimate of drug-likeness (QED) is 0.634. The number of ether oxygens (including phenoxy) is 1. The summed E-state index contributed by atoms with van der Waals surface area (Å²) in [5, 5.41) is 2.97. The van der Waals surface area contributed by atoms with Crippen molar-refractivity contribution in [1.29, 1.82) is 0 Å². The SMILES string of the molecule is CCCCOc1ccc(C(=O)NC(C)c2nc3ccccc3[nH]2)cc1. The van der Waals surface area contributed by atoms with Gasteiger partial charge in [0, 0.05) is 5.56 Å². The van der Waals surface area contributed by atoms with Crippen LogP contribution in [0.15, 0.2) is 48.5 Å². The molecule has 1 atom stereocenters. The Morgan fingerprint density at radius 1 is 1.20 bits per heavy atom. The van der Waals surface area contributed by atoms with Crippen LogP contribution >= 0.6 is 0 Å². The maximum atomic E-state index is 12.4. The van der Waals surface area contributed by atoms with E-state index in [1.165, 1.54) is 0 Å². The number of hydrogen-bond acceptors (Lipinski definition) is 3. The molecule has 3 aromatic rings. The van der Waals surface area contributed by atoms with Crippen LogP contribution in [0.5, 0.6) is 5.75 Å². The number of hydrogen-bond donors (Lipinski definition) is 2. The third kappa shape index (κ3) is 4.18. The van der Waals surface area contributed by atoms with Gasteiger partial charge in [-0.1, -0.05) is 25.5 Å². The topological polar surface area (TPSA) is 67.0 Å². The molecule has 0 aliphatic rings. The summed E-state index contributed by atoms with van der Waals surface area (Å²) in [6, 6.07) is 14.8. The first-order chi connectivity index (χ1) is 12.2. The lowest BCUT2D eigenvalue weighted by Gasteiger charge is -2.12. The standard InChI is InChI=1S/C20H23N3O2/c1-3-4-13-25-16-11-9-15(10-12-16)20(24)21-14(2)19-22-17-7-5-6-8-18(17)23-19/h5-12,14H,3-4,13H2,1-2H3,(H,21,24)(H,22,23). The van der Waals surface area contributed by atoms with E-state index in [1.807, 2.05) is 43.3 Å². The van der Waals surface area contributed by atoms with Crippen molar-refractivity contribution in [1.82, 2.24) is 15.3 Å². The number of aromatic nitrogens is 2. The van der Waals surface area contributed by atoms with E-state index < -0.39 is 0 Å². The Morgan fingerprint density at radius 2 is 1.96 bits per heavy atom. The molecule has 1 amide bonds. The normalized spacial score (nSPS) is 12.1. The Labute approximate surface area is 147 Å². The summed E-state index contributed by atoms with van der Waals surface area (Å²) < 4.78 is 5.62. The number of rotatable bonds is 7. The van der Waals surface area contributed by atoms with Gasteiger partial charge in [0.1, 0.15) is 11.6 Å². The highest BCUT2D eigenvalue weighted by atomic mass is 16.5. The van der Waals surface area contributed by atoms with E-state index in [1.54, 1.807) is 12.1 Å². The summed E-state index contributed by atoms with van der Waals surface area (Å²) in [6.45, 7) is 4.74. The molecule has 0 aliphatic heterocycles. The van der Waals surface area contributed by atoms with Gasteiger partial charge in [0.25, 0.3) is 5.91 Å². The molecule has 0 spiro atoms. The first kappa shape index (κ1) is 17.0. The molecule has 5 heteroatoms. The van der Waals surface area contributed by atoms with Crippen molar-refractivity contribution >= 4 is 16.9 Å². The fraction of sp³-hybridized carbons (Fsp3) is 0.300. The van der Waals surface area contributed by atoms with Crippen LogP contribution in [0, 0.1) is 0 Å². The monoisotopic (exact) mass is 337 g/mol. The van der Waals surface area contributed by atoms with Gasteiger partial charge in [-0.3, -0.25) is 4.79 Å². The van der Waals surface area contributed by atoms with Crippen LogP contribution in [0.25, 0.3) is 11.0 Å². The third-order valence-electron chi connectivity index (χ3n) is 4.05. The van der Waals surface area contributed by atoms with Crippen molar-refractivity contribution in [3.8, 4) is 5.75 Å². The average molecular weight is 337 g/mol. The van der Waals surface area contributed by atoms with E-state index in [9.17, 15) is 4.79 Å². The number of H-pyrrole nitrogens is 1. The zero-order valence-corrected chi connectivity index (χ0v) is 14.6. The molecule has 25 heavy (non-hydrogen) atoms. The van der Waals surface area contributed by atoms with Gasteiger partial charge in [-0.15, -0.1) is 0 Å². The number of nitrogens with zero attached hydrogens (tertiary/aromatic N) is 1. The van der Waals surface area contributed by atoms with E-state index >= 15 is 0 Å². The van der Waals surface area contributed by atoms with Gasteiger partial charge in [0.05, 0.1) is 23.7 Å². The van der Waals surface area contributed by atoms with Crippen LogP contribution in [-0.4, -0.2) is 22.5 Å². The number of carbonyl (C=O) groups excluding carboxylic acids is 1. The number of aromatic amines is 1. The van der Waals surface area contributed by atoms with Crippen molar-refractivity contribution in [2.24, 2.45) is 0 Å². The second-order valence-corrected chi connectivity index (χ2v) is 6.06. The molecule has 1 heterocycles. The second-order valence-electron chi connectivity index (χ2n) is 6.06. The lowest BCUT2D eigenvalue weighted by molar-refractivity contribution is 0.0938. The highest BCUT2D eigenvalue weighted by molar-refractivity contribution is 5.94. The molecule has 2 aromatic carbocycles. The minimum atomic E-state index is -0.208. The molecule has 0 bridgehead atoms. The van der Waals surface area contributed by atoms with Crippen LogP contribution in [0.4, 0.5) is 0 Å². The van der Waals surface area contributed by atoms with Gasteiger partial charge in [-0.2, -0.15) is 0 Å². The van der Waals surface area contributed by atoms with Gasteiger partial charge in [0.2, 0.25) is 0 Å². The molecular weight excluding hydrogens is 314 g/mol. The van der Waals surface area contributed by atoms with Gasteiger partial charge in [-0.05, 0) is 49.7 Å². The molecule has 2 N–H and O–H groups in total. The van der Waals surface area contributed by atoms with Crippen molar-refractivity contribution in [2.45, 2.75) is 32.7 Å². The van der Waals surface area contributed by atoms with E-state index in [2.05, 4.69) is 22.2 Å². The van der Waals surface area contributed by atoms with E-state index in [-0.39, 0.29) is 11.9 Å². The number of nitrogens with one attached hydrogen (secondary N) is 2. The van der Waals surface area contributed by atoms with Gasteiger partial charge >= 0.3 is 0 Å². The Balaban J connectivity index is 1.62. The number of benzene rings is 2. The molecular formula is C20H23N3O2. The fourth-order valence-electron chi connectivity index (χ4n) is 2.56. The maximum absolute atomic E-state index is 12.4. The van der Waals surface area contributed by atoms with Crippen LogP contribution in [0.2, 0.25) is 0 Å². The highest BCUT2D eigenvalue weighted by Crippen LogP contribution is 2.17. The Bertz CT molecular complexity index is 807. The summed E-state index contributed by atoms with van der Waals surface area (Å²) >= 11 is 0. The molecule has 5 nitrogen and oxygen atoms in total. The predicted octanol–water partition coefficient (Wildman–Crippen LogP) is 4.23. The number of carbonyl (C=O) groups is 1. The van der Waals surface area contributed by atoms with E-state index in [4.69, 9.17) is 4.74 Å².